The summed E-state index contributed by atoms with van der Waals surface area (Å²) in [6, 6.07) is -5.44. The topological polar surface area (TPSA) is 308 Å². The van der Waals surface area contributed by atoms with Gasteiger partial charge in [-0.25, -0.2) is 4.79 Å². The molecule has 0 aliphatic rings. The highest BCUT2D eigenvalue weighted by Crippen LogP contribution is 2.11. The Labute approximate surface area is 195 Å². The van der Waals surface area contributed by atoms with Gasteiger partial charge in [-0.1, -0.05) is 0 Å². The lowest BCUT2D eigenvalue weighted by Gasteiger charge is -2.24. The van der Waals surface area contributed by atoms with Gasteiger partial charge in [-0.3, -0.25) is 33.6 Å². The maximum absolute atomic E-state index is 12.6. The molecule has 0 saturated carbocycles. The quantitative estimate of drug-likeness (QED) is 0.0884. The van der Waals surface area contributed by atoms with Crippen molar-refractivity contribution in [3.63, 3.8) is 0 Å². The number of amides is 2. The first-order chi connectivity index (χ1) is 16.1. The van der Waals surface area contributed by atoms with E-state index in [1.807, 2.05) is 10.6 Å². The van der Waals surface area contributed by atoms with Crippen molar-refractivity contribution in [1.29, 1.82) is 0 Å². The summed E-state index contributed by atoms with van der Waals surface area (Å²) in [5, 5.41) is 57.5. The van der Waals surface area contributed by atoms with Gasteiger partial charge in [-0.15, -0.1) is 0 Å². The van der Waals surface area contributed by atoms with Crippen LogP contribution in [0.4, 0.5) is 0 Å². The van der Waals surface area contributed by atoms with Crippen molar-refractivity contribution in [2.24, 2.45) is 17.6 Å². The molecule has 35 heavy (non-hydrogen) atoms. The lowest BCUT2D eigenvalue weighted by atomic mass is 9.98. The molecule has 10 N–H and O–H groups in total. The molecule has 0 aromatic carbocycles. The molecule has 0 aliphatic carbocycles. The van der Waals surface area contributed by atoms with Crippen molar-refractivity contribution in [1.82, 2.24) is 10.6 Å². The fourth-order valence-electron chi connectivity index (χ4n) is 2.71. The van der Waals surface area contributed by atoms with Gasteiger partial charge in [0.25, 0.3) is 0 Å². The van der Waals surface area contributed by atoms with Gasteiger partial charge in [-0.05, 0) is 19.3 Å². The lowest BCUT2D eigenvalue weighted by molar-refractivity contribution is -0.157. The van der Waals surface area contributed by atoms with Crippen LogP contribution >= 0.6 is 0 Å². The Morgan fingerprint density at radius 2 is 1.03 bits per heavy atom. The number of rotatable bonds is 17. The van der Waals surface area contributed by atoms with Gasteiger partial charge in [0.2, 0.25) is 11.8 Å². The van der Waals surface area contributed by atoms with E-state index in [4.69, 9.17) is 31.3 Å². The summed E-state index contributed by atoms with van der Waals surface area (Å²) in [6.07, 6.45) is -3.04. The summed E-state index contributed by atoms with van der Waals surface area (Å²) in [7, 11) is 0. The number of nitrogens with one attached hydrogen (secondary N) is 2. The second-order valence-corrected chi connectivity index (χ2v) is 7.28. The molecule has 17 nitrogen and oxygen atoms in total. The van der Waals surface area contributed by atoms with Gasteiger partial charge >= 0.3 is 35.8 Å². The van der Waals surface area contributed by atoms with E-state index in [2.05, 4.69) is 0 Å². The Balaban J connectivity index is 5.61. The second-order valence-electron chi connectivity index (χ2n) is 7.28. The highest BCUT2D eigenvalue weighted by atomic mass is 16.4. The Bertz CT molecular complexity index is 845. The zero-order valence-corrected chi connectivity index (χ0v) is 17.9. The van der Waals surface area contributed by atoms with E-state index in [0.717, 1.165) is 0 Å². The molecule has 0 rings (SSSR count). The third kappa shape index (κ3) is 10.9. The van der Waals surface area contributed by atoms with Crippen molar-refractivity contribution >= 4 is 47.6 Å². The fourth-order valence-corrected chi connectivity index (χ4v) is 2.71. The van der Waals surface area contributed by atoms with Crippen LogP contribution in [-0.2, 0) is 38.4 Å². The Morgan fingerprint density at radius 1 is 0.600 bits per heavy atom. The first kappa shape index (κ1) is 30.7. The van der Waals surface area contributed by atoms with Crippen molar-refractivity contribution < 1.29 is 69.0 Å². The molecule has 0 radical (unpaired) electrons. The van der Waals surface area contributed by atoms with Crippen molar-refractivity contribution in [2.45, 2.75) is 50.2 Å². The number of hydrogen-bond acceptors (Lipinski definition) is 9. The predicted molar refractivity (Wildman–Crippen MR) is 108 cm³/mol. The molecule has 0 heterocycles. The molecule has 3 atom stereocenters. The predicted octanol–water partition coefficient (Wildman–Crippen LogP) is -3.03. The third-order valence-electron chi connectivity index (χ3n) is 4.62. The highest BCUT2D eigenvalue weighted by Gasteiger charge is 2.36. The number of carboxylic acids is 6. The van der Waals surface area contributed by atoms with Gasteiger partial charge in [0.1, 0.15) is 12.1 Å². The lowest BCUT2D eigenvalue weighted by Crippen LogP contribution is -2.55. The second kappa shape index (κ2) is 14.1. The monoisotopic (exact) mass is 507 g/mol. The first-order valence-electron chi connectivity index (χ1n) is 9.80. The maximum atomic E-state index is 12.6. The maximum Gasteiger partial charge on any atom is 0.326 e. The van der Waals surface area contributed by atoms with Crippen LogP contribution in [0, 0.1) is 11.8 Å². The molecule has 196 valence electrons. The molecule has 0 aromatic heterocycles. The largest absolute Gasteiger partial charge is 0.481 e. The van der Waals surface area contributed by atoms with E-state index in [0.29, 0.717) is 0 Å². The van der Waals surface area contributed by atoms with E-state index in [1.165, 1.54) is 0 Å². The van der Waals surface area contributed by atoms with Gasteiger partial charge in [0, 0.05) is 12.8 Å². The molecule has 2 amide bonds. The van der Waals surface area contributed by atoms with Gasteiger partial charge in [0.15, 0.2) is 11.8 Å². The minimum absolute atomic E-state index is 0.222. The summed E-state index contributed by atoms with van der Waals surface area (Å²) in [4.78, 5) is 91.1. The van der Waals surface area contributed by atoms with Gasteiger partial charge in [-0.2, -0.15) is 0 Å². The van der Waals surface area contributed by atoms with Crippen LogP contribution in [0.15, 0.2) is 0 Å². The first-order valence-corrected chi connectivity index (χ1v) is 9.80. The normalized spacial score (nSPS) is 13.3. The van der Waals surface area contributed by atoms with Crippen LogP contribution in [0.2, 0.25) is 0 Å². The third-order valence-corrected chi connectivity index (χ3v) is 4.62. The minimum Gasteiger partial charge on any atom is -0.481 e. The molecule has 17 heteroatoms. The van der Waals surface area contributed by atoms with Crippen LogP contribution in [-0.4, -0.2) is 96.4 Å². The molecule has 0 aliphatic heterocycles. The summed E-state index contributed by atoms with van der Waals surface area (Å²) in [5.74, 6) is -17.1. The molecule has 0 aromatic rings. The standard InChI is InChI=1S/C18H25N3O14/c19-8(4-6(14(26)27)15(28)29)12(24)20-9(2-1-3-11(22)23)13(25)21-10(18(34)35)5-7(16(30)31)17(32)33/h6-10H,1-5,19H2,(H,20,24)(H,21,25)(H,22,23)(H,26,27)(H,28,29)(H,30,31)(H,32,33)(H,34,35)/t8-,9-,10-/m0/s1. The average Bonchev–Trinajstić information content (AvgIpc) is 2.71. The Morgan fingerprint density at radius 3 is 1.43 bits per heavy atom. The number of nitrogens with two attached hydrogens (primary N) is 1. The Kier molecular flexibility index (Phi) is 12.4. The van der Waals surface area contributed by atoms with Crippen molar-refractivity contribution in [3.05, 3.63) is 0 Å². The average molecular weight is 507 g/mol. The molecule has 0 bridgehead atoms. The zero-order chi connectivity index (χ0) is 27.5. The number of aliphatic carboxylic acids is 6. The number of hydrogen-bond donors (Lipinski definition) is 9. The fraction of sp³-hybridized carbons (Fsp3) is 0.556. The molecule has 0 saturated heterocycles. The van der Waals surface area contributed by atoms with Crippen LogP contribution in [0.1, 0.15) is 32.1 Å². The molecule has 0 fully saturated rings. The summed E-state index contributed by atoms with van der Waals surface area (Å²) in [6.45, 7) is 0. The van der Waals surface area contributed by atoms with Crippen LogP contribution in [0.25, 0.3) is 0 Å². The van der Waals surface area contributed by atoms with E-state index >= 15 is 0 Å². The molecular formula is C18H25N3O14. The van der Waals surface area contributed by atoms with Crippen LogP contribution in [0.3, 0.4) is 0 Å². The SMILES string of the molecule is N[C@@H](CC(C(=O)O)C(=O)O)C(=O)N[C@@H](CCCC(=O)O)C(=O)N[C@@H](CC(C(=O)O)C(=O)O)C(=O)O. The molecule has 0 spiro atoms. The molecular weight excluding hydrogens is 482 g/mol. The smallest absolute Gasteiger partial charge is 0.326 e. The zero-order valence-electron chi connectivity index (χ0n) is 17.9. The number of carbonyl (C=O) groups is 8. The number of carbonyl (C=O) groups excluding carboxylic acids is 2. The van der Waals surface area contributed by atoms with Crippen molar-refractivity contribution in [2.75, 3.05) is 0 Å². The summed E-state index contributed by atoms with van der Waals surface area (Å²) < 4.78 is 0. The summed E-state index contributed by atoms with van der Waals surface area (Å²) >= 11 is 0. The summed E-state index contributed by atoms with van der Waals surface area (Å²) in [5.41, 5.74) is 5.51. The van der Waals surface area contributed by atoms with Gasteiger partial charge in [0.05, 0.1) is 6.04 Å². The van der Waals surface area contributed by atoms with E-state index in [1.54, 1.807) is 0 Å². The molecule has 0 unspecified atom stereocenters. The Hall–Kier alpha value is -4.28. The van der Waals surface area contributed by atoms with Crippen molar-refractivity contribution in [3.8, 4) is 0 Å². The van der Waals surface area contributed by atoms with Crippen LogP contribution < -0.4 is 16.4 Å². The highest BCUT2D eigenvalue weighted by molar-refractivity contribution is 5.96. The minimum atomic E-state index is -2.20. The van der Waals surface area contributed by atoms with E-state index in [9.17, 15) is 43.5 Å². The van der Waals surface area contributed by atoms with E-state index < -0.39 is 103 Å². The van der Waals surface area contributed by atoms with Crippen LogP contribution in [0.5, 0.6) is 0 Å². The van der Waals surface area contributed by atoms with E-state index in [-0.39, 0.29) is 6.42 Å². The number of carboxylic acid groups (broad SMARTS) is 6. The van der Waals surface area contributed by atoms with Gasteiger partial charge < -0.3 is 47.0 Å².